The van der Waals surface area contributed by atoms with Gasteiger partial charge in [-0.05, 0) is 85.4 Å². The Morgan fingerprint density at radius 2 is 1.77 bits per heavy atom. The van der Waals surface area contributed by atoms with E-state index in [0.29, 0.717) is 16.7 Å². The Labute approximate surface area is 137 Å². The van der Waals surface area contributed by atoms with Gasteiger partial charge in [0.1, 0.15) is 0 Å². The highest BCUT2D eigenvalue weighted by molar-refractivity contribution is 5.11. The van der Waals surface area contributed by atoms with Gasteiger partial charge in [-0.1, -0.05) is 40.0 Å². The molecule has 0 aliphatic heterocycles. The summed E-state index contributed by atoms with van der Waals surface area (Å²) >= 11 is 0. The van der Waals surface area contributed by atoms with E-state index in [1.165, 1.54) is 57.8 Å². The van der Waals surface area contributed by atoms with Gasteiger partial charge in [0.2, 0.25) is 0 Å². The zero-order valence-corrected chi connectivity index (χ0v) is 15.0. The van der Waals surface area contributed by atoms with Gasteiger partial charge in [0.25, 0.3) is 0 Å². The number of hydrogen-bond donors (Lipinski definition) is 1. The van der Waals surface area contributed by atoms with E-state index in [1.807, 2.05) is 0 Å². The third kappa shape index (κ3) is 1.93. The Bertz CT molecular complexity index is 432. The maximum Gasteiger partial charge on any atom is 0.0581 e. The highest BCUT2D eigenvalue weighted by Crippen LogP contribution is 2.67. The molecular formula is C21H36O. The van der Waals surface area contributed by atoms with Gasteiger partial charge in [0.05, 0.1) is 6.10 Å². The second-order valence-electron chi connectivity index (χ2n) is 9.78. The fraction of sp³-hybridized carbons (Fsp3) is 1.00. The molecule has 4 aliphatic carbocycles. The van der Waals surface area contributed by atoms with Crippen LogP contribution in [0, 0.1) is 40.4 Å². The normalized spacial score (nSPS) is 57.8. The van der Waals surface area contributed by atoms with Crippen molar-refractivity contribution in [1.29, 1.82) is 0 Å². The fourth-order valence-electron chi connectivity index (χ4n) is 8.19. The molecule has 4 aliphatic rings. The Kier molecular flexibility index (Phi) is 3.68. The van der Waals surface area contributed by atoms with E-state index in [1.54, 1.807) is 0 Å². The Morgan fingerprint density at radius 3 is 2.55 bits per heavy atom. The molecule has 22 heavy (non-hydrogen) atoms. The van der Waals surface area contributed by atoms with Crippen molar-refractivity contribution in [2.45, 2.75) is 91.1 Å². The molecule has 0 saturated heterocycles. The van der Waals surface area contributed by atoms with Crippen molar-refractivity contribution >= 4 is 0 Å². The van der Waals surface area contributed by atoms with Crippen LogP contribution in [0.4, 0.5) is 0 Å². The van der Waals surface area contributed by atoms with E-state index in [-0.39, 0.29) is 6.10 Å². The van der Waals surface area contributed by atoms with Crippen molar-refractivity contribution in [3.05, 3.63) is 0 Å². The fourth-order valence-corrected chi connectivity index (χ4v) is 8.19. The number of aliphatic hydroxyl groups excluding tert-OH is 1. The largest absolute Gasteiger partial charge is 0.393 e. The van der Waals surface area contributed by atoms with Crippen molar-refractivity contribution in [2.24, 2.45) is 40.4 Å². The van der Waals surface area contributed by atoms with Crippen LogP contribution >= 0.6 is 0 Å². The lowest BCUT2D eigenvalue weighted by Gasteiger charge is -2.62. The van der Waals surface area contributed by atoms with Gasteiger partial charge in [-0.15, -0.1) is 0 Å². The molecular weight excluding hydrogens is 268 g/mol. The van der Waals surface area contributed by atoms with Gasteiger partial charge >= 0.3 is 0 Å². The summed E-state index contributed by atoms with van der Waals surface area (Å²) in [4.78, 5) is 0. The summed E-state index contributed by atoms with van der Waals surface area (Å²) in [6, 6.07) is 0. The molecule has 1 heteroatoms. The molecule has 0 radical (unpaired) electrons. The van der Waals surface area contributed by atoms with Crippen LogP contribution in [0.25, 0.3) is 0 Å². The lowest BCUT2D eigenvalue weighted by Crippen LogP contribution is -2.58. The molecule has 4 saturated carbocycles. The molecule has 0 unspecified atom stereocenters. The van der Waals surface area contributed by atoms with Gasteiger partial charge in [-0.2, -0.15) is 0 Å². The predicted molar refractivity (Wildman–Crippen MR) is 91.5 cm³/mol. The van der Waals surface area contributed by atoms with Crippen molar-refractivity contribution in [3.8, 4) is 0 Å². The second kappa shape index (κ2) is 5.23. The number of aliphatic hydroxyl groups is 1. The van der Waals surface area contributed by atoms with Crippen LogP contribution in [0.3, 0.4) is 0 Å². The summed E-state index contributed by atoms with van der Waals surface area (Å²) in [5.41, 5.74) is 0.888. The van der Waals surface area contributed by atoms with E-state index in [0.717, 1.165) is 30.1 Å². The first-order chi connectivity index (χ1) is 10.5. The predicted octanol–water partition coefficient (Wildman–Crippen LogP) is 5.42. The zero-order chi connectivity index (χ0) is 15.5. The lowest BCUT2D eigenvalue weighted by molar-refractivity contribution is -0.168. The van der Waals surface area contributed by atoms with Crippen LogP contribution in [-0.2, 0) is 0 Å². The minimum Gasteiger partial charge on any atom is -0.393 e. The summed E-state index contributed by atoms with van der Waals surface area (Å²) in [5, 5.41) is 11.2. The molecule has 126 valence electrons. The minimum atomic E-state index is -0.0238. The minimum absolute atomic E-state index is 0.0238. The maximum atomic E-state index is 11.2. The summed E-state index contributed by atoms with van der Waals surface area (Å²) in [5.74, 6) is 4.12. The van der Waals surface area contributed by atoms with Gasteiger partial charge in [-0.3, -0.25) is 0 Å². The highest BCUT2D eigenvalue weighted by Gasteiger charge is 2.62. The highest BCUT2D eigenvalue weighted by atomic mass is 16.3. The molecule has 0 amide bonds. The molecule has 4 fully saturated rings. The smallest absolute Gasteiger partial charge is 0.0581 e. The first-order valence-corrected chi connectivity index (χ1v) is 10.2. The molecule has 0 aromatic heterocycles. The van der Waals surface area contributed by atoms with Gasteiger partial charge in [0, 0.05) is 0 Å². The van der Waals surface area contributed by atoms with E-state index >= 15 is 0 Å². The van der Waals surface area contributed by atoms with Gasteiger partial charge in [-0.25, -0.2) is 0 Å². The molecule has 0 bridgehead atoms. The van der Waals surface area contributed by atoms with Crippen molar-refractivity contribution in [2.75, 3.05) is 0 Å². The SMILES string of the molecule is CC[C@H]1CC[C@H]2[C@@H]3CC[C@H]4CCCC[C@]4(C)[C@H]3[C@H](O)C[C@]12C. The topological polar surface area (TPSA) is 20.2 Å². The molecule has 0 heterocycles. The third-order valence-electron chi connectivity index (χ3n) is 9.20. The zero-order valence-electron chi connectivity index (χ0n) is 15.0. The van der Waals surface area contributed by atoms with Gasteiger partial charge < -0.3 is 5.11 Å². The number of hydrogen-bond acceptors (Lipinski definition) is 1. The number of rotatable bonds is 1. The van der Waals surface area contributed by atoms with Crippen LogP contribution in [0.2, 0.25) is 0 Å². The molecule has 0 aromatic carbocycles. The first-order valence-electron chi connectivity index (χ1n) is 10.2. The van der Waals surface area contributed by atoms with Gasteiger partial charge in [0.15, 0.2) is 0 Å². The van der Waals surface area contributed by atoms with E-state index in [2.05, 4.69) is 20.8 Å². The van der Waals surface area contributed by atoms with Crippen molar-refractivity contribution in [1.82, 2.24) is 0 Å². The maximum absolute atomic E-state index is 11.2. The van der Waals surface area contributed by atoms with E-state index in [9.17, 15) is 5.11 Å². The van der Waals surface area contributed by atoms with Crippen LogP contribution in [0.15, 0.2) is 0 Å². The molecule has 8 atom stereocenters. The lowest BCUT2D eigenvalue weighted by atomic mass is 9.44. The first kappa shape index (κ1) is 15.5. The third-order valence-corrected chi connectivity index (χ3v) is 9.20. The number of fused-ring (bicyclic) bond motifs is 5. The average Bonchev–Trinajstić information content (AvgIpc) is 2.82. The van der Waals surface area contributed by atoms with Crippen LogP contribution in [0.5, 0.6) is 0 Å². The molecule has 0 aromatic rings. The van der Waals surface area contributed by atoms with Crippen molar-refractivity contribution in [3.63, 3.8) is 0 Å². The quantitative estimate of drug-likeness (QED) is 0.686. The van der Waals surface area contributed by atoms with Crippen LogP contribution < -0.4 is 0 Å². The Hall–Kier alpha value is -0.0400. The molecule has 4 rings (SSSR count). The molecule has 0 spiro atoms. The Morgan fingerprint density at radius 1 is 0.955 bits per heavy atom. The summed E-state index contributed by atoms with van der Waals surface area (Å²) < 4.78 is 0. The summed E-state index contributed by atoms with van der Waals surface area (Å²) in [6.07, 6.45) is 13.8. The monoisotopic (exact) mass is 304 g/mol. The standard InChI is InChI=1S/C21H36O/c1-4-14-9-11-17-16-10-8-15-7-5-6-12-20(15,2)19(16)18(22)13-21(14,17)3/h14-19,22H,4-13H2,1-3H3/t14-,15+,16-,17-,18+,19+,20-,21+/m0/s1. The van der Waals surface area contributed by atoms with E-state index in [4.69, 9.17) is 0 Å². The summed E-state index contributed by atoms with van der Waals surface area (Å²) in [6.45, 7) is 7.47. The molecule has 1 N–H and O–H groups in total. The van der Waals surface area contributed by atoms with E-state index < -0.39 is 0 Å². The second-order valence-corrected chi connectivity index (χ2v) is 9.78. The Balaban J connectivity index is 1.68. The van der Waals surface area contributed by atoms with Crippen LogP contribution in [-0.4, -0.2) is 11.2 Å². The van der Waals surface area contributed by atoms with Crippen LogP contribution in [0.1, 0.15) is 85.0 Å². The van der Waals surface area contributed by atoms with Crippen molar-refractivity contribution < 1.29 is 5.11 Å². The average molecular weight is 305 g/mol. The molecule has 1 nitrogen and oxygen atoms in total. The summed E-state index contributed by atoms with van der Waals surface area (Å²) in [7, 11) is 0.